The number of nitrogens with zero attached hydrogens (tertiary/aromatic N) is 1. The monoisotopic (exact) mass is 373 g/mol. The molecule has 4 nitrogen and oxygen atoms in total. The van der Waals surface area contributed by atoms with Gasteiger partial charge in [0.2, 0.25) is 0 Å². The molecule has 1 atom stereocenters. The molecule has 2 heterocycles. The molecule has 4 rings (SSSR count). The van der Waals surface area contributed by atoms with Gasteiger partial charge in [0.1, 0.15) is 0 Å². The van der Waals surface area contributed by atoms with Crippen molar-refractivity contribution in [3.63, 3.8) is 0 Å². The summed E-state index contributed by atoms with van der Waals surface area (Å²) >= 11 is 1.50. The van der Waals surface area contributed by atoms with Gasteiger partial charge in [-0.25, -0.2) is 9.59 Å². The lowest BCUT2D eigenvalue weighted by atomic mass is 10.1. The molecule has 5 heteroatoms. The van der Waals surface area contributed by atoms with E-state index in [4.69, 9.17) is 0 Å². The molecule has 0 saturated heterocycles. The Bertz CT molecular complexity index is 1020. The van der Waals surface area contributed by atoms with Crippen LogP contribution in [0.25, 0.3) is 11.8 Å². The van der Waals surface area contributed by atoms with Crippen LogP contribution in [0.2, 0.25) is 0 Å². The molecule has 2 aromatic carbocycles. The van der Waals surface area contributed by atoms with Crippen LogP contribution < -0.4 is 9.80 Å². The Kier molecular flexibility index (Phi) is 4.54. The third-order valence-corrected chi connectivity index (χ3v) is 5.36. The molecule has 1 aliphatic rings. The van der Waals surface area contributed by atoms with Gasteiger partial charge in [-0.1, -0.05) is 54.6 Å². The number of rotatable bonds is 4. The highest BCUT2D eigenvalue weighted by Gasteiger charge is 2.54. The number of thiophene rings is 1. The van der Waals surface area contributed by atoms with Crippen molar-refractivity contribution in [1.82, 2.24) is 9.80 Å². The number of benzene rings is 2. The maximum Gasteiger partial charge on any atom is 0.438 e. The van der Waals surface area contributed by atoms with E-state index in [1.807, 2.05) is 66.0 Å². The summed E-state index contributed by atoms with van der Waals surface area (Å²) < 4.78 is -0.509. The maximum atomic E-state index is 13.4. The molecule has 132 valence electrons. The van der Waals surface area contributed by atoms with Gasteiger partial charge in [-0.05, 0) is 23.1 Å². The number of hydrogen-bond donors (Lipinski definition) is 1. The van der Waals surface area contributed by atoms with Crippen LogP contribution in [0.15, 0.2) is 90.5 Å². The van der Waals surface area contributed by atoms with Crippen molar-refractivity contribution in [3.8, 4) is 0 Å². The summed E-state index contributed by atoms with van der Waals surface area (Å²) in [7, 11) is 0. The molecule has 0 saturated carbocycles. The van der Waals surface area contributed by atoms with Crippen molar-refractivity contribution in [2.75, 3.05) is 0 Å². The summed E-state index contributed by atoms with van der Waals surface area (Å²) in [5, 5.41) is 4.68. The van der Waals surface area contributed by atoms with E-state index < -0.39 is 4.48 Å². The van der Waals surface area contributed by atoms with Gasteiger partial charge in [-0.15, -0.1) is 15.8 Å². The number of para-hydroxylation sites is 1. The topological polar surface area (TPSA) is 46.2 Å². The molecular formula is C22H17N2O2S+. The maximum absolute atomic E-state index is 13.4. The van der Waals surface area contributed by atoms with Crippen molar-refractivity contribution in [3.05, 3.63) is 101 Å². The summed E-state index contributed by atoms with van der Waals surface area (Å²) in [4.78, 5) is 27.3. The molecule has 0 radical (unpaired) electrons. The van der Waals surface area contributed by atoms with Crippen molar-refractivity contribution in [2.45, 2.75) is 0 Å². The fourth-order valence-electron chi connectivity index (χ4n) is 3.19. The largest absolute Gasteiger partial charge is 0.438 e. The van der Waals surface area contributed by atoms with E-state index >= 15 is 0 Å². The number of carbonyl (C=O) groups is 2. The first-order valence-corrected chi connectivity index (χ1v) is 9.39. The molecule has 27 heavy (non-hydrogen) atoms. The van der Waals surface area contributed by atoms with Gasteiger partial charge in [0.15, 0.2) is 11.4 Å². The fourth-order valence-corrected chi connectivity index (χ4v) is 3.97. The third kappa shape index (κ3) is 2.93. The molecule has 1 aliphatic heterocycles. The molecule has 0 spiro atoms. The number of quaternary nitrogens is 1. The molecule has 1 aromatic heterocycles. The Morgan fingerprint density at radius 3 is 2.30 bits per heavy atom. The molecule has 1 N–H and O–H groups in total. The molecule has 0 aliphatic carbocycles. The molecule has 3 aromatic rings. The van der Waals surface area contributed by atoms with Gasteiger partial charge in [-0.2, -0.15) is 0 Å². The first-order valence-electron chi connectivity index (χ1n) is 8.51. The molecule has 0 fully saturated rings. The van der Waals surface area contributed by atoms with Crippen LogP contribution >= 0.6 is 11.3 Å². The number of carbonyl (C=O) groups excluding carboxylic acids is 2. The minimum atomic E-state index is -0.509. The Labute approximate surface area is 161 Å². The highest BCUT2D eigenvalue weighted by molar-refractivity contribution is 7.11. The lowest BCUT2D eigenvalue weighted by molar-refractivity contribution is -0.120. The van der Waals surface area contributed by atoms with Gasteiger partial charge < -0.3 is 0 Å². The zero-order valence-corrected chi connectivity index (χ0v) is 15.2. The number of nitrogens with one attached hydrogen (secondary N) is 1. The highest BCUT2D eigenvalue weighted by atomic mass is 32.1. The van der Waals surface area contributed by atoms with Crippen LogP contribution in [0, 0.1) is 0 Å². The number of imide groups is 1. The fraction of sp³-hybridized carbons (Fsp3) is 0. The van der Waals surface area contributed by atoms with E-state index in [2.05, 4.69) is 5.32 Å². The Morgan fingerprint density at radius 2 is 1.63 bits per heavy atom. The first-order chi connectivity index (χ1) is 13.2. The van der Waals surface area contributed by atoms with Gasteiger partial charge in [0.05, 0.1) is 11.1 Å². The predicted molar refractivity (Wildman–Crippen MR) is 110 cm³/mol. The van der Waals surface area contributed by atoms with Crippen LogP contribution in [0.5, 0.6) is 0 Å². The van der Waals surface area contributed by atoms with E-state index in [1.165, 1.54) is 17.4 Å². The Hall–Kier alpha value is -3.28. The summed E-state index contributed by atoms with van der Waals surface area (Å²) in [6.45, 7) is 0. The zero-order valence-electron chi connectivity index (χ0n) is 14.4. The van der Waals surface area contributed by atoms with E-state index in [0.717, 1.165) is 10.4 Å². The normalized spacial score (nSPS) is 19.1. The molecule has 3 amide bonds. The van der Waals surface area contributed by atoms with Gasteiger partial charge in [0, 0.05) is 18.2 Å². The Balaban J connectivity index is 1.85. The van der Waals surface area contributed by atoms with Crippen LogP contribution in [0.3, 0.4) is 0 Å². The lowest BCUT2D eigenvalue weighted by Crippen LogP contribution is -2.55. The molecular weight excluding hydrogens is 356 g/mol. The van der Waals surface area contributed by atoms with Gasteiger partial charge in [0.25, 0.3) is 0 Å². The van der Waals surface area contributed by atoms with Crippen molar-refractivity contribution in [1.29, 1.82) is 0 Å². The first kappa shape index (κ1) is 17.1. The second-order valence-electron chi connectivity index (χ2n) is 6.04. The van der Waals surface area contributed by atoms with Crippen molar-refractivity contribution in [2.24, 2.45) is 0 Å². The summed E-state index contributed by atoms with van der Waals surface area (Å²) in [5.41, 5.74) is 2.14. The predicted octanol–water partition coefficient (Wildman–Crippen LogP) is 5.02. The van der Waals surface area contributed by atoms with E-state index in [9.17, 15) is 9.59 Å². The lowest BCUT2D eigenvalue weighted by Gasteiger charge is -2.27. The van der Waals surface area contributed by atoms with Crippen LogP contribution in [0.4, 0.5) is 10.5 Å². The van der Waals surface area contributed by atoms with Crippen LogP contribution in [-0.4, -0.2) is 11.9 Å². The Morgan fingerprint density at radius 1 is 0.926 bits per heavy atom. The summed E-state index contributed by atoms with van der Waals surface area (Å²) in [6.07, 6.45) is 4.85. The second-order valence-corrected chi connectivity index (χ2v) is 6.99. The highest BCUT2D eigenvalue weighted by Crippen LogP contribution is 2.40. The van der Waals surface area contributed by atoms with E-state index in [1.54, 1.807) is 24.4 Å². The van der Waals surface area contributed by atoms with Crippen molar-refractivity contribution < 1.29 is 9.59 Å². The summed E-state index contributed by atoms with van der Waals surface area (Å²) in [6, 6.07) is 22.2. The van der Waals surface area contributed by atoms with Gasteiger partial charge >= 0.3 is 11.9 Å². The summed E-state index contributed by atoms with van der Waals surface area (Å²) in [5.74, 6) is -0.320. The van der Waals surface area contributed by atoms with Gasteiger partial charge in [-0.3, -0.25) is 5.32 Å². The standard InChI is InChI=1S/C22H16N2O2S/c25-21(14-13-17-8-3-1-4-9-17)24(18-10-5-2-6-11-18)19(16-23-22(24)26)20-12-7-15-27-20/h1-16H/p+1. The number of urea groups is 1. The second kappa shape index (κ2) is 7.15. The minimum absolute atomic E-state index is 0.320. The SMILES string of the molecule is O=C(C=Cc1ccccc1)[N+]1(c2ccccc2)C(=O)NC=C1c1cccs1. The number of hydrogen-bond acceptors (Lipinski definition) is 3. The quantitative estimate of drug-likeness (QED) is 0.516. The van der Waals surface area contributed by atoms with Crippen LogP contribution in [0.1, 0.15) is 10.4 Å². The average molecular weight is 373 g/mol. The van der Waals surface area contributed by atoms with Crippen LogP contribution in [-0.2, 0) is 4.79 Å². The molecule has 0 bridgehead atoms. The van der Waals surface area contributed by atoms with E-state index in [-0.39, 0.29) is 11.9 Å². The zero-order chi connectivity index (χ0) is 18.7. The smallest absolute Gasteiger partial charge is 0.275 e. The van der Waals surface area contributed by atoms with Crippen molar-refractivity contribution >= 4 is 40.7 Å². The number of amides is 3. The van der Waals surface area contributed by atoms with E-state index in [0.29, 0.717) is 11.4 Å². The molecule has 1 unspecified atom stereocenters. The third-order valence-electron chi connectivity index (χ3n) is 4.46. The minimum Gasteiger partial charge on any atom is -0.275 e. The average Bonchev–Trinajstić information content (AvgIpc) is 3.36.